The number of amides is 1. The molecule has 0 aliphatic heterocycles. The van der Waals surface area contributed by atoms with Gasteiger partial charge in [-0.2, -0.15) is 13.2 Å². The van der Waals surface area contributed by atoms with Crippen LogP contribution < -0.4 is 10.6 Å². The maximum Gasteiger partial charge on any atom is 0.411 e. The van der Waals surface area contributed by atoms with Crippen molar-refractivity contribution in [3.05, 3.63) is 0 Å². The van der Waals surface area contributed by atoms with Crippen LogP contribution in [0, 0.1) is 0 Å². The highest BCUT2D eigenvalue weighted by Crippen LogP contribution is 2.24. The van der Waals surface area contributed by atoms with Crippen LogP contribution >= 0.6 is 0 Å². The Bertz CT molecular complexity index is 322. The summed E-state index contributed by atoms with van der Waals surface area (Å²) in [6.45, 7) is 3.39. The van der Waals surface area contributed by atoms with Crippen LogP contribution in [0.2, 0.25) is 0 Å². The van der Waals surface area contributed by atoms with E-state index in [0.717, 1.165) is 12.8 Å². The van der Waals surface area contributed by atoms with Crippen molar-refractivity contribution in [1.29, 1.82) is 0 Å². The standard InChI is InChI=1S/C14H25F3N2O2/c1-10(2)18-7-6-13(20)19-11-4-3-5-12(8-11)21-9-14(15,16)17/h10-12,18H,3-9H2,1-2H3,(H,19,20). The molecule has 1 rings (SSSR count). The van der Waals surface area contributed by atoms with Crippen molar-refractivity contribution in [2.45, 2.75) is 70.3 Å². The SMILES string of the molecule is CC(C)NCCC(=O)NC1CCCC(OCC(F)(F)F)C1. The molecule has 2 N–H and O–H groups in total. The zero-order valence-corrected chi connectivity index (χ0v) is 12.6. The summed E-state index contributed by atoms with van der Waals surface area (Å²) in [5, 5.41) is 6.03. The van der Waals surface area contributed by atoms with E-state index in [-0.39, 0.29) is 11.9 Å². The van der Waals surface area contributed by atoms with Crippen molar-refractivity contribution < 1.29 is 22.7 Å². The Morgan fingerprint density at radius 2 is 2.05 bits per heavy atom. The summed E-state index contributed by atoms with van der Waals surface area (Å²) in [5.74, 6) is -0.0652. The molecular formula is C14H25F3N2O2. The molecule has 124 valence electrons. The molecule has 0 radical (unpaired) electrons. The maximum absolute atomic E-state index is 12.1. The molecule has 0 bridgehead atoms. The number of rotatable bonds is 7. The fraction of sp³-hybridized carbons (Fsp3) is 0.929. The number of alkyl halides is 3. The second-order valence-corrected chi connectivity index (χ2v) is 5.84. The Hall–Kier alpha value is -0.820. The number of carbonyl (C=O) groups is 1. The van der Waals surface area contributed by atoms with Gasteiger partial charge in [-0.05, 0) is 25.7 Å². The molecule has 0 aromatic rings. The van der Waals surface area contributed by atoms with E-state index < -0.39 is 18.9 Å². The molecule has 2 unspecified atom stereocenters. The first-order valence-electron chi connectivity index (χ1n) is 7.47. The molecule has 2 atom stereocenters. The zero-order chi connectivity index (χ0) is 15.9. The number of hydrogen-bond donors (Lipinski definition) is 2. The number of halogens is 3. The van der Waals surface area contributed by atoms with E-state index >= 15 is 0 Å². The molecule has 0 aromatic carbocycles. The minimum Gasteiger partial charge on any atom is -0.369 e. The third-order valence-electron chi connectivity index (χ3n) is 3.38. The second-order valence-electron chi connectivity index (χ2n) is 5.84. The lowest BCUT2D eigenvalue weighted by atomic mass is 9.92. The lowest BCUT2D eigenvalue weighted by Crippen LogP contribution is -2.42. The van der Waals surface area contributed by atoms with Gasteiger partial charge in [-0.15, -0.1) is 0 Å². The number of ether oxygens (including phenoxy) is 1. The first-order chi connectivity index (χ1) is 9.76. The number of nitrogens with one attached hydrogen (secondary N) is 2. The molecule has 4 nitrogen and oxygen atoms in total. The van der Waals surface area contributed by atoms with Crippen LogP contribution in [0.15, 0.2) is 0 Å². The average Bonchev–Trinajstić information content (AvgIpc) is 2.35. The van der Waals surface area contributed by atoms with E-state index in [1.807, 2.05) is 13.8 Å². The van der Waals surface area contributed by atoms with Crippen molar-refractivity contribution in [3.63, 3.8) is 0 Å². The van der Waals surface area contributed by atoms with Crippen LogP contribution in [-0.2, 0) is 9.53 Å². The molecule has 1 aliphatic rings. The highest BCUT2D eigenvalue weighted by molar-refractivity contribution is 5.76. The van der Waals surface area contributed by atoms with Gasteiger partial charge in [0.05, 0.1) is 6.10 Å². The Morgan fingerprint density at radius 1 is 1.33 bits per heavy atom. The van der Waals surface area contributed by atoms with Crippen molar-refractivity contribution in [1.82, 2.24) is 10.6 Å². The Balaban J connectivity index is 2.24. The van der Waals surface area contributed by atoms with Gasteiger partial charge in [0.1, 0.15) is 6.61 Å². The average molecular weight is 310 g/mol. The van der Waals surface area contributed by atoms with Crippen LogP contribution in [0.25, 0.3) is 0 Å². The molecular weight excluding hydrogens is 285 g/mol. The molecule has 0 heterocycles. The third kappa shape index (κ3) is 8.93. The van der Waals surface area contributed by atoms with Crippen molar-refractivity contribution in [2.24, 2.45) is 0 Å². The van der Waals surface area contributed by atoms with Crippen molar-refractivity contribution >= 4 is 5.91 Å². The van der Waals surface area contributed by atoms with Gasteiger partial charge in [0.2, 0.25) is 5.91 Å². The molecule has 1 saturated carbocycles. The summed E-state index contributed by atoms with van der Waals surface area (Å²) >= 11 is 0. The van der Waals surface area contributed by atoms with Gasteiger partial charge in [0, 0.05) is 25.0 Å². The highest BCUT2D eigenvalue weighted by atomic mass is 19.4. The minimum atomic E-state index is -4.29. The van der Waals surface area contributed by atoms with E-state index in [4.69, 9.17) is 4.74 Å². The van der Waals surface area contributed by atoms with Crippen molar-refractivity contribution in [2.75, 3.05) is 13.2 Å². The van der Waals surface area contributed by atoms with Gasteiger partial charge in [0.25, 0.3) is 0 Å². The maximum atomic E-state index is 12.1. The van der Waals surface area contributed by atoms with Crippen molar-refractivity contribution in [3.8, 4) is 0 Å². The van der Waals surface area contributed by atoms with Gasteiger partial charge < -0.3 is 15.4 Å². The van der Waals surface area contributed by atoms with Crippen LogP contribution in [-0.4, -0.2) is 43.4 Å². The van der Waals surface area contributed by atoms with E-state index in [0.29, 0.717) is 31.8 Å². The zero-order valence-electron chi connectivity index (χ0n) is 12.6. The summed E-state index contributed by atoms with van der Waals surface area (Å²) in [5.41, 5.74) is 0. The topological polar surface area (TPSA) is 50.4 Å². The highest BCUT2D eigenvalue weighted by Gasteiger charge is 2.31. The molecule has 21 heavy (non-hydrogen) atoms. The third-order valence-corrected chi connectivity index (χ3v) is 3.38. The Morgan fingerprint density at radius 3 is 2.67 bits per heavy atom. The fourth-order valence-electron chi connectivity index (χ4n) is 2.41. The Labute approximate surface area is 123 Å². The second kappa shape index (κ2) is 8.58. The van der Waals surface area contributed by atoms with Crippen LogP contribution in [0.4, 0.5) is 13.2 Å². The number of hydrogen-bond acceptors (Lipinski definition) is 3. The summed E-state index contributed by atoms with van der Waals surface area (Å²) in [7, 11) is 0. The van der Waals surface area contributed by atoms with Crippen LogP contribution in [0.3, 0.4) is 0 Å². The van der Waals surface area contributed by atoms with Gasteiger partial charge in [0.15, 0.2) is 0 Å². The molecule has 1 fully saturated rings. The predicted octanol–water partition coefficient (Wildman–Crippen LogP) is 2.38. The first kappa shape index (κ1) is 18.2. The quantitative estimate of drug-likeness (QED) is 0.759. The summed E-state index contributed by atoms with van der Waals surface area (Å²) < 4.78 is 41.2. The molecule has 1 amide bonds. The number of carbonyl (C=O) groups excluding carboxylic acids is 1. The molecule has 1 aliphatic carbocycles. The van der Waals surface area contributed by atoms with Gasteiger partial charge in [-0.25, -0.2) is 0 Å². The fourth-order valence-corrected chi connectivity index (χ4v) is 2.41. The minimum absolute atomic E-state index is 0.0652. The van der Waals surface area contributed by atoms with E-state index in [1.54, 1.807) is 0 Å². The van der Waals surface area contributed by atoms with Gasteiger partial charge in [-0.3, -0.25) is 4.79 Å². The van der Waals surface area contributed by atoms with Crippen LogP contribution in [0.1, 0.15) is 46.0 Å². The lowest BCUT2D eigenvalue weighted by molar-refractivity contribution is -0.188. The monoisotopic (exact) mass is 310 g/mol. The summed E-state index contributed by atoms with van der Waals surface area (Å²) in [4.78, 5) is 11.7. The normalized spacial score (nSPS) is 23.3. The summed E-state index contributed by atoms with van der Waals surface area (Å²) in [6.07, 6.45) is -1.68. The van der Waals surface area contributed by atoms with Gasteiger partial charge in [-0.1, -0.05) is 13.8 Å². The molecule has 0 spiro atoms. The Kier molecular flexibility index (Phi) is 7.45. The first-order valence-corrected chi connectivity index (χ1v) is 7.47. The summed E-state index contributed by atoms with van der Waals surface area (Å²) in [6, 6.07) is 0.246. The smallest absolute Gasteiger partial charge is 0.369 e. The van der Waals surface area contributed by atoms with E-state index in [1.165, 1.54) is 0 Å². The van der Waals surface area contributed by atoms with Gasteiger partial charge >= 0.3 is 6.18 Å². The van der Waals surface area contributed by atoms with E-state index in [9.17, 15) is 18.0 Å². The molecule has 7 heteroatoms. The largest absolute Gasteiger partial charge is 0.411 e. The predicted molar refractivity (Wildman–Crippen MR) is 73.9 cm³/mol. The van der Waals surface area contributed by atoms with Crippen LogP contribution in [0.5, 0.6) is 0 Å². The van der Waals surface area contributed by atoms with E-state index in [2.05, 4.69) is 10.6 Å². The lowest BCUT2D eigenvalue weighted by Gasteiger charge is -2.30. The molecule has 0 saturated heterocycles. The molecule has 0 aromatic heterocycles.